The number of alkyl halides is 3. The Morgan fingerprint density at radius 1 is 1.24 bits per heavy atom. The molecule has 156 valence electrons. The monoisotopic (exact) mass is 523 g/mol. The van der Waals surface area contributed by atoms with Gasteiger partial charge >= 0.3 is 5.51 Å². The van der Waals surface area contributed by atoms with E-state index in [-0.39, 0.29) is 28.4 Å². The second kappa shape index (κ2) is 8.61. The highest BCUT2D eigenvalue weighted by atomic mass is 79.9. The molecule has 10 heteroatoms. The molecule has 3 rings (SSSR count). The summed E-state index contributed by atoms with van der Waals surface area (Å²) in [6, 6.07) is 7.31. The molecule has 29 heavy (non-hydrogen) atoms. The lowest BCUT2D eigenvalue weighted by Gasteiger charge is -2.20. The molecule has 0 radical (unpaired) electrons. The Morgan fingerprint density at radius 2 is 1.97 bits per heavy atom. The highest BCUT2D eigenvalue weighted by Crippen LogP contribution is 2.43. The van der Waals surface area contributed by atoms with E-state index in [4.69, 9.17) is 11.6 Å². The van der Waals surface area contributed by atoms with Crippen LogP contribution in [0.3, 0.4) is 0 Å². The normalized spacial score (nSPS) is 17.1. The molecule has 0 saturated heterocycles. The van der Waals surface area contributed by atoms with E-state index in [1.54, 1.807) is 30.1 Å². The van der Waals surface area contributed by atoms with Gasteiger partial charge in [-0.1, -0.05) is 32.4 Å². The predicted octanol–water partition coefficient (Wildman–Crippen LogP) is 7.71. The van der Waals surface area contributed by atoms with Crippen LogP contribution in [0, 0.1) is 0 Å². The minimum absolute atomic E-state index is 0.00234. The molecule has 1 aliphatic heterocycles. The molecule has 1 atom stereocenters. The maximum atomic E-state index is 12.4. The molecule has 0 saturated carbocycles. The fourth-order valence-electron chi connectivity index (χ4n) is 2.62. The van der Waals surface area contributed by atoms with E-state index in [0.29, 0.717) is 15.1 Å². The number of rotatable bonds is 4. The van der Waals surface area contributed by atoms with Crippen LogP contribution in [0.4, 0.5) is 18.9 Å². The quantitative estimate of drug-likeness (QED) is 0.401. The summed E-state index contributed by atoms with van der Waals surface area (Å²) in [5, 5.41) is 5.74. The van der Waals surface area contributed by atoms with Crippen molar-refractivity contribution in [3.8, 4) is 0 Å². The first-order valence-electron chi connectivity index (χ1n) is 8.53. The number of hydrogen-bond donors (Lipinski definition) is 2. The van der Waals surface area contributed by atoms with Gasteiger partial charge in [-0.2, -0.15) is 13.2 Å². The predicted molar refractivity (Wildman–Crippen MR) is 121 cm³/mol. The lowest BCUT2D eigenvalue weighted by molar-refractivity contribution is -0.0323. The number of benzene rings is 1. The van der Waals surface area contributed by atoms with Crippen LogP contribution in [-0.2, 0) is 5.41 Å². The van der Waals surface area contributed by atoms with Gasteiger partial charge in [0.05, 0.1) is 32.8 Å². The van der Waals surface area contributed by atoms with Crippen molar-refractivity contribution in [1.29, 1.82) is 0 Å². The Bertz CT molecular complexity index is 945. The molecule has 2 aromatic rings. The molecular formula is C19H18BrClF3N3S2. The lowest BCUT2D eigenvalue weighted by atomic mass is 9.91. The van der Waals surface area contributed by atoms with E-state index in [1.165, 1.54) is 0 Å². The second-order valence-electron chi connectivity index (χ2n) is 7.35. The van der Waals surface area contributed by atoms with Crippen molar-refractivity contribution in [3.05, 3.63) is 62.2 Å². The zero-order valence-electron chi connectivity index (χ0n) is 15.7. The highest BCUT2D eigenvalue weighted by molar-refractivity contribution is 9.10. The number of thioether (sulfide) groups is 1. The van der Waals surface area contributed by atoms with Crippen LogP contribution in [-0.4, -0.2) is 10.5 Å². The van der Waals surface area contributed by atoms with Crippen LogP contribution in [0.15, 0.2) is 40.3 Å². The second-order valence-corrected chi connectivity index (χ2v) is 10.4. The Hall–Kier alpha value is -1.03. The standard InChI is InChI=1S/C19H18BrClF3N3S2/c1-18(2,3)14-8-10(6-7-25-14)17-26-13(9-28-17)11-4-5-12(15(20)16(11)21)27-29-19(22,23)24/h4-9,17,26-27H,1-3H3. The number of anilines is 1. The van der Waals surface area contributed by atoms with Crippen molar-refractivity contribution in [2.75, 3.05) is 4.72 Å². The van der Waals surface area contributed by atoms with Crippen molar-refractivity contribution in [3.63, 3.8) is 0 Å². The SMILES string of the molecule is CC(C)(C)c1cc(C2NC(c3ccc(NSC(F)(F)F)c(Br)c3Cl)=CS2)ccn1. The average molecular weight is 525 g/mol. The van der Waals surface area contributed by atoms with E-state index >= 15 is 0 Å². The third kappa shape index (κ3) is 5.57. The van der Waals surface area contributed by atoms with Gasteiger partial charge in [0, 0.05) is 22.9 Å². The van der Waals surface area contributed by atoms with Gasteiger partial charge in [0.2, 0.25) is 0 Å². The summed E-state index contributed by atoms with van der Waals surface area (Å²) in [7, 11) is 0. The van der Waals surface area contributed by atoms with E-state index in [2.05, 4.69) is 57.8 Å². The van der Waals surface area contributed by atoms with Gasteiger partial charge in [-0.05, 0) is 51.2 Å². The van der Waals surface area contributed by atoms with Crippen LogP contribution >= 0.6 is 51.2 Å². The number of nitrogens with zero attached hydrogens (tertiary/aromatic N) is 1. The summed E-state index contributed by atoms with van der Waals surface area (Å²) in [5.74, 6) is 0. The summed E-state index contributed by atoms with van der Waals surface area (Å²) in [6.45, 7) is 6.34. The van der Waals surface area contributed by atoms with Crippen molar-refractivity contribution in [2.45, 2.75) is 37.1 Å². The number of halogens is 5. The largest absolute Gasteiger partial charge is 0.461 e. The van der Waals surface area contributed by atoms with Gasteiger partial charge in [-0.25, -0.2) is 0 Å². The van der Waals surface area contributed by atoms with Gasteiger partial charge in [0.25, 0.3) is 0 Å². The molecule has 0 aliphatic carbocycles. The molecule has 1 aliphatic rings. The van der Waals surface area contributed by atoms with Crippen LogP contribution in [0.25, 0.3) is 5.70 Å². The Balaban J connectivity index is 1.77. The molecule has 1 aromatic carbocycles. The van der Waals surface area contributed by atoms with Crippen molar-refractivity contribution >= 4 is 62.6 Å². The zero-order chi connectivity index (χ0) is 21.4. The molecule has 0 spiro atoms. The fourth-order valence-corrected chi connectivity index (χ4v) is 4.82. The van der Waals surface area contributed by atoms with Gasteiger partial charge in [0.1, 0.15) is 5.37 Å². The van der Waals surface area contributed by atoms with Gasteiger partial charge in [-0.15, -0.1) is 11.8 Å². The molecule has 0 fully saturated rings. The van der Waals surface area contributed by atoms with Crippen LogP contribution in [0.1, 0.15) is 43.0 Å². The third-order valence-electron chi connectivity index (χ3n) is 4.11. The molecular weight excluding hydrogens is 507 g/mol. The molecule has 1 aromatic heterocycles. The van der Waals surface area contributed by atoms with Crippen molar-refractivity contribution in [1.82, 2.24) is 10.3 Å². The van der Waals surface area contributed by atoms with E-state index in [9.17, 15) is 13.2 Å². The maximum absolute atomic E-state index is 12.4. The van der Waals surface area contributed by atoms with E-state index in [1.807, 2.05) is 11.5 Å². The lowest BCUT2D eigenvalue weighted by Crippen LogP contribution is -2.17. The van der Waals surface area contributed by atoms with Gasteiger partial charge in [0.15, 0.2) is 0 Å². The first kappa shape index (κ1) is 22.7. The van der Waals surface area contributed by atoms with Crippen molar-refractivity contribution in [2.24, 2.45) is 0 Å². The molecule has 2 N–H and O–H groups in total. The van der Waals surface area contributed by atoms with Crippen molar-refractivity contribution < 1.29 is 13.2 Å². The average Bonchev–Trinajstić information content (AvgIpc) is 3.11. The van der Waals surface area contributed by atoms with Crippen LogP contribution in [0.2, 0.25) is 5.02 Å². The summed E-state index contributed by atoms with van der Waals surface area (Å²) in [5.41, 5.74) is -0.564. The van der Waals surface area contributed by atoms with E-state index in [0.717, 1.165) is 17.0 Å². The highest BCUT2D eigenvalue weighted by Gasteiger charge is 2.30. The first-order valence-corrected chi connectivity index (χ1v) is 11.5. The fraction of sp³-hybridized carbons (Fsp3) is 0.316. The molecule has 3 nitrogen and oxygen atoms in total. The molecule has 2 heterocycles. The molecule has 1 unspecified atom stereocenters. The van der Waals surface area contributed by atoms with Gasteiger partial charge in [-0.3, -0.25) is 4.98 Å². The maximum Gasteiger partial charge on any atom is 0.461 e. The number of hydrogen-bond acceptors (Lipinski definition) is 5. The Morgan fingerprint density at radius 3 is 2.62 bits per heavy atom. The summed E-state index contributed by atoms with van der Waals surface area (Å²) in [6.07, 6.45) is 1.80. The molecule has 0 amide bonds. The Kier molecular flexibility index (Phi) is 6.72. The third-order valence-corrected chi connectivity index (χ3v) is 7.14. The van der Waals surface area contributed by atoms with Crippen LogP contribution in [0.5, 0.6) is 0 Å². The minimum Gasteiger partial charge on any atom is -0.368 e. The summed E-state index contributed by atoms with van der Waals surface area (Å²) in [4.78, 5) is 4.46. The number of aromatic nitrogens is 1. The van der Waals surface area contributed by atoms with Gasteiger partial charge < -0.3 is 10.0 Å². The Labute approximate surface area is 189 Å². The zero-order valence-corrected chi connectivity index (χ0v) is 19.7. The number of pyridine rings is 1. The first-order chi connectivity index (χ1) is 13.5. The molecule has 0 bridgehead atoms. The smallest absolute Gasteiger partial charge is 0.368 e. The van der Waals surface area contributed by atoms with E-state index < -0.39 is 5.51 Å². The number of nitrogens with one attached hydrogen (secondary N) is 2. The minimum atomic E-state index is -4.39. The summed E-state index contributed by atoms with van der Waals surface area (Å²) < 4.78 is 39.9. The van der Waals surface area contributed by atoms with Crippen LogP contribution < -0.4 is 10.0 Å². The summed E-state index contributed by atoms with van der Waals surface area (Å²) >= 11 is 11.0. The topological polar surface area (TPSA) is 37.0 Å².